The van der Waals surface area contributed by atoms with Gasteiger partial charge >= 0.3 is 17.9 Å². The molecule has 0 bridgehead atoms. The van der Waals surface area contributed by atoms with E-state index >= 15 is 0 Å². The number of methoxy groups -OCH3 is 6. The highest BCUT2D eigenvalue weighted by Gasteiger charge is 2.36. The first-order valence-corrected chi connectivity index (χ1v) is 13.9. The molecule has 0 unspecified atom stereocenters. The summed E-state index contributed by atoms with van der Waals surface area (Å²) < 4.78 is 48.7. The van der Waals surface area contributed by atoms with Gasteiger partial charge in [-0.1, -0.05) is 6.92 Å². The highest BCUT2D eigenvalue weighted by molar-refractivity contribution is 5.94. The number of esters is 3. The molecule has 3 aromatic carbocycles. The number of benzene rings is 3. The summed E-state index contributed by atoms with van der Waals surface area (Å²) in [6.07, 6.45) is 0.292. The van der Waals surface area contributed by atoms with Crippen LogP contribution in [0, 0.1) is 5.41 Å². The van der Waals surface area contributed by atoms with Crippen molar-refractivity contribution in [1.29, 1.82) is 0 Å². The maximum atomic E-state index is 13.2. The fraction of sp³-hybridized carbons (Fsp3) is 0.364. The van der Waals surface area contributed by atoms with E-state index in [9.17, 15) is 14.4 Å². The van der Waals surface area contributed by atoms with Gasteiger partial charge in [-0.25, -0.2) is 14.4 Å². The molecule has 0 aliphatic heterocycles. The van der Waals surface area contributed by atoms with E-state index in [2.05, 4.69) is 0 Å². The number of hydrogen-bond acceptors (Lipinski definition) is 12. The van der Waals surface area contributed by atoms with Crippen molar-refractivity contribution in [2.75, 3.05) is 62.5 Å². The molecule has 0 saturated heterocycles. The van der Waals surface area contributed by atoms with Crippen LogP contribution in [0.2, 0.25) is 0 Å². The van der Waals surface area contributed by atoms with Gasteiger partial charge in [0.1, 0.15) is 71.0 Å². The third-order valence-electron chi connectivity index (χ3n) is 7.16. The SMILES string of the molecule is CCC(COC(=O)c1ccc(OC)cc1OC)(COC(=O)c1ccc(OC)cc1OC)COC(=O)c1ccc(OC)cc1OC. The van der Waals surface area contributed by atoms with Crippen LogP contribution in [0.4, 0.5) is 0 Å². The maximum Gasteiger partial charge on any atom is 0.341 e. The van der Waals surface area contributed by atoms with Gasteiger partial charge in [0.15, 0.2) is 0 Å². The topological polar surface area (TPSA) is 134 Å². The number of ether oxygens (including phenoxy) is 9. The summed E-state index contributed by atoms with van der Waals surface area (Å²) in [5.74, 6) is 0.137. The van der Waals surface area contributed by atoms with E-state index in [4.69, 9.17) is 42.6 Å². The molecule has 0 amide bonds. The van der Waals surface area contributed by atoms with E-state index in [1.165, 1.54) is 60.9 Å². The molecule has 0 N–H and O–H groups in total. The van der Waals surface area contributed by atoms with Crippen LogP contribution in [0.5, 0.6) is 34.5 Å². The zero-order chi connectivity index (χ0) is 33.0. The minimum absolute atomic E-state index is 0.156. The van der Waals surface area contributed by atoms with Crippen molar-refractivity contribution in [2.24, 2.45) is 5.41 Å². The Kier molecular flexibility index (Phi) is 12.3. The first kappa shape index (κ1) is 34.4. The van der Waals surface area contributed by atoms with Crippen molar-refractivity contribution in [3.63, 3.8) is 0 Å². The quantitative estimate of drug-likeness (QED) is 0.156. The predicted molar refractivity (Wildman–Crippen MR) is 162 cm³/mol. The number of rotatable bonds is 16. The largest absolute Gasteiger partial charge is 0.497 e. The summed E-state index contributed by atoms with van der Waals surface area (Å²) in [4.78, 5) is 39.5. The van der Waals surface area contributed by atoms with Crippen LogP contribution in [0.1, 0.15) is 44.4 Å². The Bertz CT molecular complexity index is 1310. The molecule has 3 rings (SSSR count). The Labute approximate surface area is 262 Å². The molecular weight excluding hydrogens is 588 g/mol. The van der Waals surface area contributed by atoms with Crippen molar-refractivity contribution < 1.29 is 57.0 Å². The standard InChI is InChI=1S/C33H38O12/c1-8-33(18-43-30(34)24-12-9-21(37-2)15-27(24)40-5,19-44-31(35)25-13-10-22(38-3)16-28(25)41-6)20-45-32(36)26-14-11-23(39-4)17-29(26)42-7/h9-17H,8,18-20H2,1-7H3. The lowest BCUT2D eigenvalue weighted by molar-refractivity contribution is -0.0383. The van der Waals surface area contributed by atoms with Crippen molar-refractivity contribution in [2.45, 2.75) is 13.3 Å². The molecule has 0 aliphatic carbocycles. The van der Waals surface area contributed by atoms with E-state index in [1.807, 2.05) is 0 Å². The summed E-state index contributed by atoms with van der Waals surface area (Å²) in [5.41, 5.74) is -0.671. The Balaban J connectivity index is 1.87. The molecule has 0 aliphatic rings. The molecule has 0 radical (unpaired) electrons. The molecule has 3 aromatic rings. The van der Waals surface area contributed by atoms with Gasteiger partial charge in [-0.15, -0.1) is 0 Å². The summed E-state index contributed by atoms with van der Waals surface area (Å²) in [6.45, 7) is 0.998. The van der Waals surface area contributed by atoms with Gasteiger partial charge in [0.05, 0.1) is 48.1 Å². The van der Waals surface area contributed by atoms with E-state index in [0.717, 1.165) is 0 Å². The number of hydrogen-bond donors (Lipinski definition) is 0. The van der Waals surface area contributed by atoms with Gasteiger partial charge in [0.2, 0.25) is 0 Å². The van der Waals surface area contributed by atoms with Crippen LogP contribution < -0.4 is 28.4 Å². The molecule has 242 valence electrons. The summed E-state index contributed by atoms with van der Waals surface area (Å²) in [7, 11) is 8.74. The van der Waals surface area contributed by atoms with Crippen LogP contribution >= 0.6 is 0 Å². The average molecular weight is 627 g/mol. The van der Waals surface area contributed by atoms with Crippen molar-refractivity contribution in [3.8, 4) is 34.5 Å². The third-order valence-corrected chi connectivity index (χ3v) is 7.16. The van der Waals surface area contributed by atoms with Gasteiger partial charge in [-0.2, -0.15) is 0 Å². The highest BCUT2D eigenvalue weighted by atomic mass is 16.6. The summed E-state index contributed by atoms with van der Waals surface area (Å²) >= 11 is 0. The first-order valence-electron chi connectivity index (χ1n) is 13.9. The van der Waals surface area contributed by atoms with Gasteiger partial charge in [-0.3, -0.25) is 0 Å². The molecule has 0 atom stereocenters. The lowest BCUT2D eigenvalue weighted by Gasteiger charge is -2.31. The van der Waals surface area contributed by atoms with Crippen molar-refractivity contribution in [1.82, 2.24) is 0 Å². The molecule has 12 heteroatoms. The monoisotopic (exact) mass is 626 g/mol. The number of carbonyl (C=O) groups excluding carboxylic acids is 3. The van der Waals surface area contributed by atoms with Crippen LogP contribution in [0.25, 0.3) is 0 Å². The second-order valence-electron chi connectivity index (χ2n) is 9.78. The van der Waals surface area contributed by atoms with Crippen LogP contribution in [-0.4, -0.2) is 80.4 Å². The molecular formula is C33H38O12. The van der Waals surface area contributed by atoms with Gasteiger partial charge < -0.3 is 42.6 Å². The summed E-state index contributed by atoms with van der Waals surface area (Å²) in [6, 6.07) is 14.0. The molecule has 0 saturated carbocycles. The molecule has 45 heavy (non-hydrogen) atoms. The average Bonchev–Trinajstić information content (AvgIpc) is 3.09. The maximum absolute atomic E-state index is 13.2. The van der Waals surface area contributed by atoms with E-state index in [-0.39, 0.29) is 53.8 Å². The highest BCUT2D eigenvalue weighted by Crippen LogP contribution is 2.31. The van der Waals surface area contributed by atoms with Crippen molar-refractivity contribution >= 4 is 17.9 Å². The Morgan fingerprint density at radius 3 is 1.00 bits per heavy atom. The lowest BCUT2D eigenvalue weighted by atomic mass is 9.88. The van der Waals surface area contributed by atoms with Gasteiger partial charge in [0.25, 0.3) is 0 Å². The molecule has 0 spiro atoms. The second-order valence-corrected chi connectivity index (χ2v) is 9.78. The fourth-order valence-electron chi connectivity index (χ4n) is 4.22. The third kappa shape index (κ3) is 8.49. The van der Waals surface area contributed by atoms with Gasteiger partial charge in [0, 0.05) is 18.2 Å². The van der Waals surface area contributed by atoms with Crippen molar-refractivity contribution in [3.05, 3.63) is 71.3 Å². The van der Waals surface area contributed by atoms with E-state index < -0.39 is 23.3 Å². The lowest BCUT2D eigenvalue weighted by Crippen LogP contribution is -2.39. The first-order chi connectivity index (χ1) is 21.7. The zero-order valence-corrected chi connectivity index (χ0v) is 26.4. The summed E-state index contributed by atoms with van der Waals surface area (Å²) in [5, 5.41) is 0. The Morgan fingerprint density at radius 1 is 0.489 bits per heavy atom. The number of carbonyl (C=O) groups is 3. The predicted octanol–water partition coefficient (Wildman–Crippen LogP) is 5.01. The Morgan fingerprint density at radius 2 is 0.778 bits per heavy atom. The van der Waals surface area contributed by atoms with E-state index in [0.29, 0.717) is 23.7 Å². The molecule has 12 nitrogen and oxygen atoms in total. The minimum atomic E-state index is -1.14. The van der Waals surface area contributed by atoms with Gasteiger partial charge in [-0.05, 0) is 42.8 Å². The van der Waals surface area contributed by atoms with Crippen LogP contribution in [-0.2, 0) is 14.2 Å². The molecule has 0 fully saturated rings. The van der Waals surface area contributed by atoms with Crippen LogP contribution in [0.15, 0.2) is 54.6 Å². The fourth-order valence-corrected chi connectivity index (χ4v) is 4.22. The van der Waals surface area contributed by atoms with Crippen LogP contribution in [0.3, 0.4) is 0 Å². The normalized spacial score (nSPS) is 10.7. The smallest absolute Gasteiger partial charge is 0.341 e. The molecule has 0 heterocycles. The zero-order valence-electron chi connectivity index (χ0n) is 26.4. The molecule has 0 aromatic heterocycles. The Hall–Kier alpha value is -5.13. The minimum Gasteiger partial charge on any atom is -0.497 e. The van der Waals surface area contributed by atoms with E-state index in [1.54, 1.807) is 43.3 Å². The second kappa shape index (κ2) is 16.1.